The van der Waals surface area contributed by atoms with Crippen molar-refractivity contribution in [3.05, 3.63) is 53.9 Å². The van der Waals surface area contributed by atoms with E-state index in [4.69, 9.17) is 4.74 Å². The second-order valence-corrected chi connectivity index (χ2v) is 4.32. The number of benzene rings is 1. The number of rotatable bonds is 2. The first kappa shape index (κ1) is 10.5. The van der Waals surface area contributed by atoms with Gasteiger partial charge in [0.05, 0.1) is 12.7 Å². The molecule has 0 spiro atoms. The van der Waals surface area contributed by atoms with Crippen molar-refractivity contribution in [1.82, 2.24) is 4.98 Å². The van der Waals surface area contributed by atoms with E-state index < -0.39 is 0 Å². The van der Waals surface area contributed by atoms with Crippen LogP contribution in [0.4, 0.5) is 0 Å². The molecule has 2 heteroatoms. The van der Waals surface area contributed by atoms with Gasteiger partial charge in [0.25, 0.3) is 0 Å². The molecule has 0 N–H and O–H groups in total. The van der Waals surface area contributed by atoms with Gasteiger partial charge in [0, 0.05) is 12.4 Å². The highest BCUT2D eigenvalue weighted by atomic mass is 16.5. The van der Waals surface area contributed by atoms with E-state index in [1.54, 1.807) is 0 Å². The number of ether oxygens (including phenoxy) is 1. The Morgan fingerprint density at radius 3 is 2.82 bits per heavy atom. The summed E-state index contributed by atoms with van der Waals surface area (Å²) in [5.41, 5.74) is 5.19. The fraction of sp³-hybridized carbons (Fsp3) is 0.267. The van der Waals surface area contributed by atoms with Crippen molar-refractivity contribution in [2.24, 2.45) is 0 Å². The molecule has 1 aromatic heterocycles. The molecule has 2 aromatic rings. The van der Waals surface area contributed by atoms with E-state index in [0.29, 0.717) is 0 Å². The van der Waals surface area contributed by atoms with Crippen molar-refractivity contribution >= 4 is 0 Å². The minimum atomic E-state index is 0.270. The Morgan fingerprint density at radius 2 is 2.06 bits per heavy atom. The van der Waals surface area contributed by atoms with Crippen LogP contribution in [0.5, 0.6) is 0 Å². The van der Waals surface area contributed by atoms with E-state index >= 15 is 0 Å². The SMILES string of the molecule is CCC1OCc2c(-c3ccncc3)cccc21. The maximum absolute atomic E-state index is 5.82. The molecule has 2 nitrogen and oxygen atoms in total. The molecule has 0 fully saturated rings. The Labute approximate surface area is 101 Å². The highest BCUT2D eigenvalue weighted by molar-refractivity contribution is 5.69. The smallest absolute Gasteiger partial charge is 0.0830 e. The first-order chi connectivity index (χ1) is 8.40. The van der Waals surface area contributed by atoms with Gasteiger partial charge in [-0.15, -0.1) is 0 Å². The van der Waals surface area contributed by atoms with Crippen molar-refractivity contribution < 1.29 is 4.74 Å². The molecule has 0 radical (unpaired) electrons. The number of pyridine rings is 1. The minimum absolute atomic E-state index is 0.270. The van der Waals surface area contributed by atoms with Gasteiger partial charge in [0.2, 0.25) is 0 Å². The molecule has 0 saturated heterocycles. The second-order valence-electron chi connectivity index (χ2n) is 4.32. The maximum Gasteiger partial charge on any atom is 0.0830 e. The van der Waals surface area contributed by atoms with Gasteiger partial charge in [-0.05, 0) is 40.8 Å². The van der Waals surface area contributed by atoms with Crippen LogP contribution in [0.3, 0.4) is 0 Å². The summed E-state index contributed by atoms with van der Waals surface area (Å²) in [5, 5.41) is 0. The van der Waals surface area contributed by atoms with Crippen molar-refractivity contribution in [3.63, 3.8) is 0 Å². The fourth-order valence-electron chi connectivity index (χ4n) is 2.48. The number of nitrogens with zero attached hydrogens (tertiary/aromatic N) is 1. The van der Waals surface area contributed by atoms with E-state index in [-0.39, 0.29) is 6.10 Å². The molecule has 1 aliphatic rings. The molecular formula is C15H15NO. The molecule has 1 aliphatic heterocycles. The lowest BCUT2D eigenvalue weighted by Gasteiger charge is -2.09. The lowest BCUT2D eigenvalue weighted by molar-refractivity contribution is 0.0637. The third-order valence-electron chi connectivity index (χ3n) is 3.35. The van der Waals surface area contributed by atoms with Gasteiger partial charge in [-0.1, -0.05) is 25.1 Å². The van der Waals surface area contributed by atoms with Gasteiger partial charge in [-0.3, -0.25) is 4.98 Å². The summed E-state index contributed by atoms with van der Waals surface area (Å²) in [7, 11) is 0. The predicted molar refractivity (Wildman–Crippen MR) is 67.5 cm³/mol. The topological polar surface area (TPSA) is 22.1 Å². The van der Waals surface area contributed by atoms with E-state index in [1.165, 1.54) is 22.3 Å². The van der Waals surface area contributed by atoms with Crippen molar-refractivity contribution in [2.75, 3.05) is 0 Å². The summed E-state index contributed by atoms with van der Waals surface area (Å²) in [6, 6.07) is 10.6. The normalized spacial score (nSPS) is 18.1. The zero-order chi connectivity index (χ0) is 11.7. The monoisotopic (exact) mass is 225 g/mol. The summed E-state index contributed by atoms with van der Waals surface area (Å²) < 4.78 is 5.82. The quantitative estimate of drug-likeness (QED) is 0.777. The van der Waals surface area contributed by atoms with E-state index in [0.717, 1.165) is 13.0 Å². The van der Waals surface area contributed by atoms with Crippen LogP contribution < -0.4 is 0 Å². The standard InChI is InChI=1S/C15H15NO/c1-2-15-13-5-3-4-12(14(13)10-17-15)11-6-8-16-9-7-11/h3-9,15H,2,10H2,1H3. The van der Waals surface area contributed by atoms with E-state index in [1.807, 2.05) is 12.4 Å². The van der Waals surface area contributed by atoms with Gasteiger partial charge in [0.1, 0.15) is 0 Å². The first-order valence-electron chi connectivity index (χ1n) is 6.04. The summed E-state index contributed by atoms with van der Waals surface area (Å²) in [4.78, 5) is 4.06. The molecule has 0 saturated carbocycles. The molecule has 1 unspecified atom stereocenters. The van der Waals surface area contributed by atoms with Gasteiger partial charge < -0.3 is 4.74 Å². The molecule has 86 valence electrons. The summed E-state index contributed by atoms with van der Waals surface area (Å²) in [6.45, 7) is 2.89. The Kier molecular flexibility index (Phi) is 2.65. The lowest BCUT2D eigenvalue weighted by atomic mass is 9.95. The van der Waals surface area contributed by atoms with Gasteiger partial charge in [0.15, 0.2) is 0 Å². The molecule has 17 heavy (non-hydrogen) atoms. The highest BCUT2D eigenvalue weighted by Gasteiger charge is 2.23. The third-order valence-corrected chi connectivity index (χ3v) is 3.35. The third kappa shape index (κ3) is 1.75. The van der Waals surface area contributed by atoms with Crippen LogP contribution in [0.25, 0.3) is 11.1 Å². The average molecular weight is 225 g/mol. The molecule has 3 rings (SSSR count). The number of hydrogen-bond acceptors (Lipinski definition) is 2. The molecule has 0 bridgehead atoms. The number of hydrogen-bond donors (Lipinski definition) is 0. The zero-order valence-electron chi connectivity index (χ0n) is 9.89. The molecule has 1 atom stereocenters. The van der Waals surface area contributed by atoms with Crippen molar-refractivity contribution in [2.45, 2.75) is 26.1 Å². The summed E-state index contributed by atoms with van der Waals surface area (Å²) in [5.74, 6) is 0. The summed E-state index contributed by atoms with van der Waals surface area (Å²) >= 11 is 0. The van der Waals surface area contributed by atoms with Crippen molar-refractivity contribution in [3.8, 4) is 11.1 Å². The molecule has 0 aliphatic carbocycles. The van der Waals surface area contributed by atoms with Gasteiger partial charge in [-0.2, -0.15) is 0 Å². The summed E-state index contributed by atoms with van der Waals surface area (Å²) in [6.07, 6.45) is 4.98. The number of fused-ring (bicyclic) bond motifs is 1. The largest absolute Gasteiger partial charge is 0.369 e. The maximum atomic E-state index is 5.82. The van der Waals surface area contributed by atoms with Crippen LogP contribution >= 0.6 is 0 Å². The second kappa shape index (κ2) is 4.30. The molecular weight excluding hydrogens is 210 g/mol. The van der Waals surface area contributed by atoms with Gasteiger partial charge >= 0.3 is 0 Å². The van der Waals surface area contributed by atoms with Crippen LogP contribution in [-0.4, -0.2) is 4.98 Å². The van der Waals surface area contributed by atoms with Gasteiger partial charge in [-0.25, -0.2) is 0 Å². The minimum Gasteiger partial charge on any atom is -0.369 e. The van der Waals surface area contributed by atoms with E-state index in [2.05, 4.69) is 42.2 Å². The van der Waals surface area contributed by atoms with Crippen LogP contribution in [0.15, 0.2) is 42.7 Å². The fourth-order valence-corrected chi connectivity index (χ4v) is 2.48. The van der Waals surface area contributed by atoms with Crippen molar-refractivity contribution in [1.29, 1.82) is 0 Å². The molecule has 2 heterocycles. The average Bonchev–Trinajstić information content (AvgIpc) is 2.82. The van der Waals surface area contributed by atoms with E-state index in [9.17, 15) is 0 Å². The molecule has 1 aromatic carbocycles. The Bertz CT molecular complexity index is 522. The van der Waals surface area contributed by atoms with Crippen LogP contribution in [0.2, 0.25) is 0 Å². The Hall–Kier alpha value is -1.67. The first-order valence-corrected chi connectivity index (χ1v) is 6.04. The Morgan fingerprint density at radius 1 is 1.24 bits per heavy atom. The van der Waals surface area contributed by atoms with Crippen LogP contribution in [-0.2, 0) is 11.3 Å². The highest BCUT2D eigenvalue weighted by Crippen LogP contribution is 2.38. The number of aromatic nitrogens is 1. The Balaban J connectivity index is 2.12. The van der Waals surface area contributed by atoms with Crippen LogP contribution in [0.1, 0.15) is 30.6 Å². The predicted octanol–water partition coefficient (Wildman–Crippen LogP) is 3.73. The molecule has 0 amide bonds. The lowest BCUT2D eigenvalue weighted by Crippen LogP contribution is -1.93. The van der Waals surface area contributed by atoms with Crippen LogP contribution in [0, 0.1) is 0 Å². The zero-order valence-corrected chi connectivity index (χ0v) is 9.89.